The number of amides is 1. The van der Waals surface area contributed by atoms with Crippen LogP contribution in [-0.2, 0) is 4.79 Å². The zero-order valence-corrected chi connectivity index (χ0v) is 18.8. The molecule has 3 aliphatic rings. The second-order valence-electron chi connectivity index (χ2n) is 9.66. The Morgan fingerprint density at radius 3 is 2.65 bits per heavy atom. The number of nitrogens with zero attached hydrogens (tertiary/aromatic N) is 4. The first-order chi connectivity index (χ1) is 16.5. The van der Waals surface area contributed by atoms with E-state index < -0.39 is 12.5 Å². The number of fused-ring (bicyclic) bond motifs is 1. The van der Waals surface area contributed by atoms with Crippen LogP contribution in [0.2, 0.25) is 0 Å². The number of piperazine rings is 1. The van der Waals surface area contributed by atoms with E-state index in [2.05, 4.69) is 11.1 Å². The van der Waals surface area contributed by atoms with E-state index in [1.807, 2.05) is 35.4 Å². The van der Waals surface area contributed by atoms with Crippen LogP contribution < -0.4 is 10.6 Å². The number of benzene rings is 1. The second-order valence-corrected chi connectivity index (χ2v) is 9.66. The molecular weight excluding hydrogens is 436 g/mol. The molecule has 2 aromatic heterocycles. The Bertz CT molecular complexity index is 1250. The molecule has 0 bridgehead atoms. The van der Waals surface area contributed by atoms with Gasteiger partial charge in [-0.2, -0.15) is 0 Å². The number of rotatable bonds is 5. The number of anilines is 2. The van der Waals surface area contributed by atoms with E-state index in [-0.39, 0.29) is 24.9 Å². The summed E-state index contributed by atoms with van der Waals surface area (Å²) < 4.78 is 28.0. The van der Waals surface area contributed by atoms with E-state index in [1.54, 1.807) is 6.20 Å². The lowest BCUT2D eigenvalue weighted by atomic mass is 9.96. The maximum Gasteiger partial charge on any atom is 0.260 e. The Hall–Kier alpha value is -3.29. The minimum atomic E-state index is -2.61. The molecule has 1 amide bonds. The highest BCUT2D eigenvalue weighted by molar-refractivity contribution is 5.97. The van der Waals surface area contributed by atoms with Crippen molar-refractivity contribution in [1.29, 1.82) is 0 Å². The van der Waals surface area contributed by atoms with Crippen LogP contribution >= 0.6 is 0 Å². The Balaban J connectivity index is 1.37. The van der Waals surface area contributed by atoms with Crippen molar-refractivity contribution in [1.82, 2.24) is 14.9 Å². The molecule has 6 nitrogen and oxygen atoms in total. The highest BCUT2D eigenvalue weighted by atomic mass is 19.3. The summed E-state index contributed by atoms with van der Waals surface area (Å²) in [6.45, 7) is 0.751. The second kappa shape index (κ2) is 8.18. The largest absolute Gasteiger partial charge is 0.396 e. The van der Waals surface area contributed by atoms with Gasteiger partial charge in [-0.3, -0.25) is 9.78 Å². The fourth-order valence-electron chi connectivity index (χ4n) is 5.08. The molecule has 6 rings (SSSR count). The minimum Gasteiger partial charge on any atom is -0.396 e. The molecule has 0 spiro atoms. The van der Waals surface area contributed by atoms with Crippen LogP contribution in [0.5, 0.6) is 0 Å². The number of carbonyl (C=O) groups excluding carboxylic acids is 1. The molecule has 176 valence electrons. The number of carbonyl (C=O) groups is 1. The molecule has 1 aromatic carbocycles. The first-order valence-corrected chi connectivity index (χ1v) is 12.0. The summed E-state index contributed by atoms with van der Waals surface area (Å²) in [6, 6.07) is 8.90. The molecule has 3 aromatic rings. The molecule has 2 saturated carbocycles. The Morgan fingerprint density at radius 1 is 1.09 bits per heavy atom. The van der Waals surface area contributed by atoms with E-state index in [1.165, 1.54) is 4.90 Å². The van der Waals surface area contributed by atoms with Gasteiger partial charge >= 0.3 is 0 Å². The maximum atomic E-state index is 14.0. The highest BCUT2D eigenvalue weighted by Gasteiger charge is 2.42. The van der Waals surface area contributed by atoms with Crippen molar-refractivity contribution in [3.63, 3.8) is 0 Å². The third kappa shape index (κ3) is 3.75. The predicted molar refractivity (Wildman–Crippen MR) is 128 cm³/mol. The van der Waals surface area contributed by atoms with Crippen molar-refractivity contribution >= 4 is 28.2 Å². The highest BCUT2D eigenvalue weighted by Crippen LogP contribution is 2.46. The van der Waals surface area contributed by atoms with Crippen LogP contribution in [0.4, 0.5) is 20.3 Å². The molecule has 1 unspecified atom stereocenters. The van der Waals surface area contributed by atoms with Gasteiger partial charge in [0, 0.05) is 54.8 Å². The van der Waals surface area contributed by atoms with Gasteiger partial charge in [0.2, 0.25) is 5.91 Å². The number of aromatic nitrogens is 2. The summed E-state index contributed by atoms with van der Waals surface area (Å²) in [6.07, 6.45) is 4.73. The lowest BCUT2D eigenvalue weighted by molar-refractivity contribution is -0.139. The van der Waals surface area contributed by atoms with Crippen molar-refractivity contribution in [2.24, 2.45) is 5.92 Å². The monoisotopic (exact) mass is 463 g/mol. The number of nitrogens with two attached hydrogens (primary N) is 1. The van der Waals surface area contributed by atoms with E-state index in [4.69, 9.17) is 10.7 Å². The van der Waals surface area contributed by atoms with E-state index >= 15 is 0 Å². The van der Waals surface area contributed by atoms with Crippen molar-refractivity contribution in [2.75, 3.05) is 30.3 Å². The topological polar surface area (TPSA) is 75.3 Å². The number of hydrogen-bond donors (Lipinski definition) is 1. The van der Waals surface area contributed by atoms with Crippen molar-refractivity contribution in [3.8, 4) is 11.1 Å². The molecule has 2 N–H and O–H groups in total. The first kappa shape index (κ1) is 21.3. The van der Waals surface area contributed by atoms with Gasteiger partial charge in [-0.15, -0.1) is 0 Å². The van der Waals surface area contributed by atoms with Crippen molar-refractivity contribution < 1.29 is 13.6 Å². The van der Waals surface area contributed by atoms with Crippen LogP contribution in [0.25, 0.3) is 21.9 Å². The van der Waals surface area contributed by atoms with Crippen LogP contribution in [0.1, 0.15) is 37.3 Å². The maximum absolute atomic E-state index is 14.0. The van der Waals surface area contributed by atoms with Gasteiger partial charge < -0.3 is 15.5 Å². The lowest BCUT2D eigenvalue weighted by Crippen LogP contribution is -2.58. The Morgan fingerprint density at radius 2 is 1.91 bits per heavy atom. The molecule has 1 saturated heterocycles. The molecule has 2 aliphatic carbocycles. The Labute approximate surface area is 196 Å². The average molecular weight is 464 g/mol. The van der Waals surface area contributed by atoms with Crippen LogP contribution in [0, 0.1) is 5.92 Å². The summed E-state index contributed by atoms with van der Waals surface area (Å²) in [5.41, 5.74) is 10.0. The van der Waals surface area contributed by atoms with Crippen molar-refractivity contribution in [2.45, 2.75) is 44.1 Å². The Kier molecular flexibility index (Phi) is 5.12. The molecule has 1 aliphatic heterocycles. The number of alkyl halides is 2. The normalized spacial score (nSPS) is 20.9. The average Bonchev–Trinajstić information content (AvgIpc) is 3.76. The van der Waals surface area contributed by atoms with Gasteiger partial charge in [0.1, 0.15) is 6.04 Å². The molecular formula is C26H27F2N5O. The molecule has 0 radical (unpaired) electrons. The summed E-state index contributed by atoms with van der Waals surface area (Å²) in [5, 5.41) is 2.12. The molecule has 8 heteroatoms. The molecule has 34 heavy (non-hydrogen) atoms. The number of hydrogen-bond acceptors (Lipinski definition) is 5. The fraction of sp³-hybridized carbons (Fsp3) is 0.423. The fourth-order valence-corrected chi connectivity index (χ4v) is 5.08. The van der Waals surface area contributed by atoms with Gasteiger partial charge in [0.15, 0.2) is 5.82 Å². The number of pyridine rings is 2. The zero-order chi connectivity index (χ0) is 23.4. The summed E-state index contributed by atoms with van der Waals surface area (Å²) in [7, 11) is 0. The van der Waals surface area contributed by atoms with Crippen molar-refractivity contribution in [3.05, 3.63) is 48.4 Å². The summed E-state index contributed by atoms with van der Waals surface area (Å²) in [4.78, 5) is 25.0. The number of halogens is 2. The van der Waals surface area contributed by atoms with Gasteiger partial charge in [-0.05, 0) is 48.8 Å². The molecule has 1 atom stereocenters. The first-order valence-electron chi connectivity index (χ1n) is 12.0. The lowest BCUT2D eigenvalue weighted by Gasteiger charge is -2.42. The van der Waals surface area contributed by atoms with E-state index in [9.17, 15) is 13.6 Å². The predicted octanol–water partition coefficient (Wildman–Crippen LogP) is 4.45. The smallest absolute Gasteiger partial charge is 0.260 e. The zero-order valence-electron chi connectivity index (χ0n) is 18.8. The van der Waals surface area contributed by atoms with Gasteiger partial charge in [0.25, 0.3) is 6.43 Å². The molecule has 3 fully saturated rings. The van der Waals surface area contributed by atoms with Crippen LogP contribution in [0.15, 0.2) is 42.7 Å². The minimum absolute atomic E-state index is 0.0384. The summed E-state index contributed by atoms with van der Waals surface area (Å²) in [5.74, 6) is 0.685. The SMILES string of the molecule is Nc1cc(-c2cccc3cnccc23)c(C2CC2)nc1N1CCN(C(=O)C2CC2)C(C(F)F)C1. The van der Waals surface area contributed by atoms with Crippen LogP contribution in [0.3, 0.4) is 0 Å². The third-order valence-corrected chi connectivity index (χ3v) is 7.21. The van der Waals surface area contributed by atoms with E-state index in [0.717, 1.165) is 53.3 Å². The quantitative estimate of drug-likeness (QED) is 0.605. The standard InChI is InChI=1S/C26H27F2N5O/c27-24(28)22-14-32(10-11-33(22)26(34)16-6-7-16)25-21(29)12-20(23(31-25)15-4-5-15)19-3-1-2-17-13-30-9-8-18(17)19/h1-3,8-9,12-13,15-16,22,24H,4-7,10-11,14,29H2. The van der Waals surface area contributed by atoms with Gasteiger partial charge in [-0.25, -0.2) is 13.8 Å². The van der Waals surface area contributed by atoms with E-state index in [0.29, 0.717) is 24.0 Å². The van der Waals surface area contributed by atoms with Crippen LogP contribution in [-0.4, -0.2) is 52.9 Å². The molecule has 3 heterocycles. The summed E-state index contributed by atoms with van der Waals surface area (Å²) >= 11 is 0. The van der Waals surface area contributed by atoms with Gasteiger partial charge in [0.05, 0.1) is 11.4 Å². The third-order valence-electron chi connectivity index (χ3n) is 7.21. The number of nitrogen functional groups attached to an aromatic ring is 1. The van der Waals surface area contributed by atoms with Gasteiger partial charge in [-0.1, -0.05) is 18.2 Å².